The molecule has 0 bridgehead atoms. The van der Waals surface area contributed by atoms with E-state index in [2.05, 4.69) is 0 Å². The van der Waals surface area contributed by atoms with Crippen LogP contribution in [0.1, 0.15) is 15.9 Å². The summed E-state index contributed by atoms with van der Waals surface area (Å²) in [6.45, 7) is 1.39. The van der Waals surface area contributed by atoms with Crippen molar-refractivity contribution in [3.8, 4) is 0 Å². The predicted molar refractivity (Wildman–Crippen MR) is 59.3 cm³/mol. The second kappa shape index (κ2) is 4.84. The summed E-state index contributed by atoms with van der Waals surface area (Å²) < 4.78 is 18.0. The van der Waals surface area contributed by atoms with Crippen LogP contribution < -0.4 is 0 Å². The lowest BCUT2D eigenvalue weighted by Crippen LogP contribution is -2.30. The zero-order valence-corrected chi connectivity index (χ0v) is 9.30. The van der Waals surface area contributed by atoms with E-state index >= 15 is 0 Å². The summed E-state index contributed by atoms with van der Waals surface area (Å²) in [6, 6.07) is 3.77. The van der Waals surface area contributed by atoms with Gasteiger partial charge in [-0.2, -0.15) is 0 Å². The molecular formula is C11H11FO3S. The molecule has 1 aromatic rings. The van der Waals surface area contributed by atoms with Crippen molar-refractivity contribution in [2.24, 2.45) is 0 Å². The SMILES string of the molecule is O=C(O)c1ccc(F)cc1CSC1COC1. The highest BCUT2D eigenvalue weighted by molar-refractivity contribution is 7.99. The van der Waals surface area contributed by atoms with Gasteiger partial charge in [0, 0.05) is 5.75 Å². The van der Waals surface area contributed by atoms with E-state index in [4.69, 9.17) is 9.84 Å². The van der Waals surface area contributed by atoms with Crippen molar-refractivity contribution in [2.45, 2.75) is 11.0 Å². The Morgan fingerprint density at radius 1 is 1.56 bits per heavy atom. The number of hydrogen-bond acceptors (Lipinski definition) is 3. The number of carboxylic acid groups (broad SMARTS) is 1. The maximum Gasteiger partial charge on any atom is 0.335 e. The molecule has 1 aliphatic rings. The smallest absolute Gasteiger partial charge is 0.335 e. The van der Waals surface area contributed by atoms with Crippen molar-refractivity contribution in [3.05, 3.63) is 35.1 Å². The fraction of sp³-hybridized carbons (Fsp3) is 0.364. The quantitative estimate of drug-likeness (QED) is 0.878. The van der Waals surface area contributed by atoms with Gasteiger partial charge in [0.25, 0.3) is 0 Å². The van der Waals surface area contributed by atoms with E-state index in [1.54, 1.807) is 11.8 Å². The van der Waals surface area contributed by atoms with Gasteiger partial charge in [-0.25, -0.2) is 9.18 Å². The third-order valence-electron chi connectivity index (χ3n) is 2.38. The normalized spacial score (nSPS) is 15.8. The number of benzene rings is 1. The van der Waals surface area contributed by atoms with Gasteiger partial charge in [-0.1, -0.05) is 0 Å². The average Bonchev–Trinajstić information content (AvgIpc) is 2.14. The molecule has 0 spiro atoms. The number of halogens is 1. The molecule has 2 rings (SSSR count). The molecule has 0 unspecified atom stereocenters. The maximum absolute atomic E-state index is 13.0. The summed E-state index contributed by atoms with van der Waals surface area (Å²) in [5, 5.41) is 9.34. The lowest BCUT2D eigenvalue weighted by molar-refractivity contribution is 0.0455. The Balaban J connectivity index is 2.09. The Bertz CT molecular complexity index is 404. The molecule has 1 heterocycles. The molecule has 86 valence electrons. The second-order valence-corrected chi connectivity index (χ2v) is 4.87. The van der Waals surface area contributed by atoms with Gasteiger partial charge >= 0.3 is 5.97 Å². The van der Waals surface area contributed by atoms with Crippen LogP contribution in [0.15, 0.2) is 18.2 Å². The van der Waals surface area contributed by atoms with E-state index in [9.17, 15) is 9.18 Å². The van der Waals surface area contributed by atoms with Crippen LogP contribution in [-0.2, 0) is 10.5 Å². The molecule has 0 atom stereocenters. The summed E-state index contributed by atoms with van der Waals surface area (Å²) in [4.78, 5) is 10.9. The van der Waals surface area contributed by atoms with Crippen LogP contribution in [0, 0.1) is 5.82 Å². The largest absolute Gasteiger partial charge is 0.478 e. The number of hydrogen-bond donors (Lipinski definition) is 1. The van der Waals surface area contributed by atoms with Gasteiger partial charge in [-0.15, -0.1) is 11.8 Å². The number of carbonyl (C=O) groups is 1. The second-order valence-electron chi connectivity index (χ2n) is 3.58. The molecule has 1 aliphatic heterocycles. The van der Waals surface area contributed by atoms with Gasteiger partial charge in [0.2, 0.25) is 0 Å². The Hall–Kier alpha value is -1.07. The number of rotatable bonds is 4. The lowest BCUT2D eigenvalue weighted by atomic mass is 10.1. The minimum atomic E-state index is -1.01. The van der Waals surface area contributed by atoms with Crippen LogP contribution in [0.3, 0.4) is 0 Å². The first kappa shape index (κ1) is 11.4. The van der Waals surface area contributed by atoms with Crippen molar-refractivity contribution in [1.29, 1.82) is 0 Å². The molecule has 1 fully saturated rings. The first-order chi connectivity index (χ1) is 7.66. The van der Waals surface area contributed by atoms with E-state index in [0.717, 1.165) is 0 Å². The highest BCUT2D eigenvalue weighted by atomic mass is 32.2. The van der Waals surface area contributed by atoms with Crippen LogP contribution in [0.5, 0.6) is 0 Å². The van der Waals surface area contributed by atoms with Crippen molar-refractivity contribution >= 4 is 17.7 Å². The van der Waals surface area contributed by atoms with Gasteiger partial charge in [0.15, 0.2) is 0 Å². The fourth-order valence-corrected chi connectivity index (χ4v) is 2.45. The molecule has 1 aromatic carbocycles. The van der Waals surface area contributed by atoms with Gasteiger partial charge in [-0.3, -0.25) is 0 Å². The van der Waals surface area contributed by atoms with Gasteiger partial charge in [0.05, 0.1) is 24.0 Å². The summed E-state index contributed by atoms with van der Waals surface area (Å²) in [6.07, 6.45) is 0. The first-order valence-electron chi connectivity index (χ1n) is 4.88. The van der Waals surface area contributed by atoms with Gasteiger partial charge in [-0.05, 0) is 23.8 Å². The first-order valence-corrected chi connectivity index (χ1v) is 5.93. The monoisotopic (exact) mass is 242 g/mol. The molecule has 0 saturated carbocycles. The van der Waals surface area contributed by atoms with Crippen LogP contribution in [-0.4, -0.2) is 29.5 Å². The van der Waals surface area contributed by atoms with E-state index in [0.29, 0.717) is 29.8 Å². The van der Waals surface area contributed by atoms with E-state index in [-0.39, 0.29) is 5.56 Å². The Labute approximate surface area is 96.6 Å². The molecule has 0 aliphatic carbocycles. The zero-order chi connectivity index (χ0) is 11.5. The van der Waals surface area contributed by atoms with E-state index < -0.39 is 11.8 Å². The molecular weight excluding hydrogens is 231 g/mol. The van der Waals surface area contributed by atoms with Gasteiger partial charge < -0.3 is 9.84 Å². The highest BCUT2D eigenvalue weighted by Crippen LogP contribution is 2.25. The number of carboxylic acids is 1. The summed E-state index contributed by atoms with van der Waals surface area (Å²) in [5.74, 6) is -0.904. The number of aromatic carboxylic acids is 1. The Morgan fingerprint density at radius 3 is 2.88 bits per heavy atom. The van der Waals surface area contributed by atoms with Crippen molar-refractivity contribution < 1.29 is 19.0 Å². The third-order valence-corrected chi connectivity index (χ3v) is 3.60. The van der Waals surface area contributed by atoms with Gasteiger partial charge in [0.1, 0.15) is 5.82 Å². The topological polar surface area (TPSA) is 46.5 Å². The fourth-order valence-electron chi connectivity index (χ4n) is 1.41. The summed E-state index contributed by atoms with van der Waals surface area (Å²) in [7, 11) is 0. The summed E-state index contributed by atoms with van der Waals surface area (Å²) >= 11 is 1.60. The maximum atomic E-state index is 13.0. The third kappa shape index (κ3) is 2.54. The summed E-state index contributed by atoms with van der Waals surface area (Å²) in [5.41, 5.74) is 0.707. The van der Waals surface area contributed by atoms with E-state index in [1.807, 2.05) is 0 Å². The molecule has 1 saturated heterocycles. The molecule has 16 heavy (non-hydrogen) atoms. The lowest BCUT2D eigenvalue weighted by Gasteiger charge is -2.25. The van der Waals surface area contributed by atoms with E-state index in [1.165, 1.54) is 18.2 Å². The van der Waals surface area contributed by atoms with Crippen LogP contribution in [0.25, 0.3) is 0 Å². The van der Waals surface area contributed by atoms with Crippen molar-refractivity contribution in [3.63, 3.8) is 0 Å². The standard InChI is InChI=1S/C11H11FO3S/c12-8-1-2-10(11(13)14)7(3-8)6-16-9-4-15-5-9/h1-3,9H,4-6H2,(H,13,14). The van der Waals surface area contributed by atoms with Crippen molar-refractivity contribution in [1.82, 2.24) is 0 Å². The Kier molecular flexibility index (Phi) is 3.46. The Morgan fingerprint density at radius 2 is 2.31 bits per heavy atom. The average molecular weight is 242 g/mol. The minimum Gasteiger partial charge on any atom is -0.478 e. The molecule has 0 aromatic heterocycles. The highest BCUT2D eigenvalue weighted by Gasteiger charge is 2.20. The zero-order valence-electron chi connectivity index (χ0n) is 8.48. The minimum absolute atomic E-state index is 0.175. The molecule has 5 heteroatoms. The van der Waals surface area contributed by atoms with Crippen molar-refractivity contribution in [2.75, 3.05) is 13.2 Å². The predicted octanol–water partition coefficient (Wildman–Crippen LogP) is 2.16. The molecule has 1 N–H and O–H groups in total. The molecule has 0 amide bonds. The van der Waals surface area contributed by atoms with Crippen LogP contribution in [0.4, 0.5) is 4.39 Å². The number of ether oxygens (including phenoxy) is 1. The number of thioether (sulfide) groups is 1. The van der Waals surface area contributed by atoms with Crippen LogP contribution >= 0.6 is 11.8 Å². The molecule has 0 radical (unpaired) electrons. The van der Waals surface area contributed by atoms with Crippen LogP contribution in [0.2, 0.25) is 0 Å². The molecule has 3 nitrogen and oxygen atoms in total.